The van der Waals surface area contributed by atoms with Gasteiger partial charge in [-0.2, -0.15) is 0 Å². The zero-order valence-corrected chi connectivity index (χ0v) is 10.2. The van der Waals surface area contributed by atoms with Gasteiger partial charge in [-0.15, -0.1) is 0 Å². The molecule has 94 valence electrons. The number of ether oxygens (including phenoxy) is 1. The molecule has 1 rings (SSSR count). The number of methoxy groups -OCH3 is 1. The van der Waals surface area contributed by atoms with E-state index in [1.165, 1.54) is 25.3 Å². The Bertz CT molecular complexity index is 496. The van der Waals surface area contributed by atoms with Gasteiger partial charge in [-0.3, -0.25) is 4.79 Å². The fourth-order valence-electron chi connectivity index (χ4n) is 1.25. The van der Waals surface area contributed by atoms with Crippen LogP contribution < -0.4 is 0 Å². The second-order valence-electron chi connectivity index (χ2n) is 3.49. The van der Waals surface area contributed by atoms with Gasteiger partial charge in [0, 0.05) is 7.11 Å². The molecule has 0 spiro atoms. The van der Waals surface area contributed by atoms with Crippen molar-refractivity contribution >= 4 is 15.6 Å². The summed E-state index contributed by atoms with van der Waals surface area (Å²) in [5, 5.41) is 0. The highest BCUT2D eigenvalue weighted by Crippen LogP contribution is 2.08. The van der Waals surface area contributed by atoms with Crippen molar-refractivity contribution in [2.75, 3.05) is 25.2 Å². The van der Waals surface area contributed by atoms with Crippen LogP contribution in [0.4, 0.5) is 4.39 Å². The Morgan fingerprint density at radius 3 is 2.59 bits per heavy atom. The molecular formula is C11H13FO4S. The predicted octanol–water partition coefficient (Wildman–Crippen LogP) is 1.07. The first-order valence-corrected chi connectivity index (χ1v) is 6.75. The van der Waals surface area contributed by atoms with Crippen molar-refractivity contribution in [1.29, 1.82) is 0 Å². The van der Waals surface area contributed by atoms with E-state index in [1.54, 1.807) is 0 Å². The van der Waals surface area contributed by atoms with E-state index in [-0.39, 0.29) is 17.9 Å². The van der Waals surface area contributed by atoms with Crippen molar-refractivity contribution in [2.24, 2.45) is 0 Å². The van der Waals surface area contributed by atoms with E-state index in [2.05, 4.69) is 4.74 Å². The van der Waals surface area contributed by atoms with E-state index in [9.17, 15) is 17.6 Å². The first kappa shape index (κ1) is 13.8. The summed E-state index contributed by atoms with van der Waals surface area (Å²) in [6.45, 7) is 0.0207. The lowest BCUT2D eigenvalue weighted by Gasteiger charge is -2.04. The van der Waals surface area contributed by atoms with E-state index >= 15 is 0 Å². The number of rotatable bonds is 6. The van der Waals surface area contributed by atoms with Crippen molar-refractivity contribution in [3.05, 3.63) is 35.6 Å². The summed E-state index contributed by atoms with van der Waals surface area (Å²) >= 11 is 0. The molecule has 17 heavy (non-hydrogen) atoms. The van der Waals surface area contributed by atoms with Crippen molar-refractivity contribution in [3.8, 4) is 0 Å². The molecule has 0 bridgehead atoms. The Morgan fingerprint density at radius 2 is 2.00 bits per heavy atom. The van der Waals surface area contributed by atoms with Crippen LogP contribution >= 0.6 is 0 Å². The minimum atomic E-state index is -3.55. The zero-order chi connectivity index (χ0) is 12.9. The molecule has 0 aliphatic heterocycles. The normalized spacial score (nSPS) is 11.4. The monoisotopic (exact) mass is 260 g/mol. The van der Waals surface area contributed by atoms with Gasteiger partial charge in [-0.1, -0.05) is 12.1 Å². The lowest BCUT2D eigenvalue weighted by Crippen LogP contribution is -2.22. The molecule has 6 heteroatoms. The number of Topliss-reactive ketones (excluding diaryl/α,β-unsaturated/α-hetero) is 1. The Morgan fingerprint density at radius 1 is 1.35 bits per heavy atom. The second-order valence-corrected chi connectivity index (χ2v) is 5.67. The molecule has 0 aromatic heterocycles. The molecule has 1 aromatic rings. The van der Waals surface area contributed by atoms with Gasteiger partial charge in [0.25, 0.3) is 0 Å². The molecule has 0 unspecified atom stereocenters. The summed E-state index contributed by atoms with van der Waals surface area (Å²) in [6.07, 6.45) is 0. The van der Waals surface area contributed by atoms with Gasteiger partial charge < -0.3 is 4.74 Å². The maximum Gasteiger partial charge on any atom is 0.180 e. The van der Waals surface area contributed by atoms with Crippen LogP contribution in [0.3, 0.4) is 0 Å². The van der Waals surface area contributed by atoms with Crippen LogP contribution in [0.15, 0.2) is 24.3 Å². The van der Waals surface area contributed by atoms with Gasteiger partial charge in [-0.25, -0.2) is 12.8 Å². The lowest BCUT2D eigenvalue weighted by atomic mass is 10.1. The largest absolute Gasteiger partial charge is 0.384 e. The Balaban J connectivity index is 2.77. The fraction of sp³-hybridized carbons (Fsp3) is 0.364. The number of carbonyl (C=O) groups is 1. The molecular weight excluding hydrogens is 247 g/mol. The second kappa shape index (κ2) is 5.88. The Hall–Kier alpha value is -1.27. The predicted molar refractivity (Wildman–Crippen MR) is 61.3 cm³/mol. The highest BCUT2D eigenvalue weighted by atomic mass is 32.2. The standard InChI is InChI=1S/C11H13FO4S/c1-16-6-7-17(14,15)8-11(13)9-4-2-3-5-10(9)12/h2-5H,6-8H2,1H3. The zero-order valence-electron chi connectivity index (χ0n) is 9.35. The third kappa shape index (κ3) is 4.24. The van der Waals surface area contributed by atoms with Crippen LogP contribution in [0.5, 0.6) is 0 Å². The lowest BCUT2D eigenvalue weighted by molar-refractivity contribution is 0.101. The third-order valence-electron chi connectivity index (χ3n) is 2.12. The summed E-state index contributed by atoms with van der Waals surface area (Å²) < 4.78 is 40.8. The topological polar surface area (TPSA) is 60.4 Å². The van der Waals surface area contributed by atoms with Crippen LogP contribution in [-0.2, 0) is 14.6 Å². The van der Waals surface area contributed by atoms with E-state index in [4.69, 9.17) is 0 Å². The van der Waals surface area contributed by atoms with Gasteiger partial charge in [0.05, 0.1) is 17.9 Å². The highest BCUT2D eigenvalue weighted by Gasteiger charge is 2.19. The Kier molecular flexibility index (Phi) is 4.77. The van der Waals surface area contributed by atoms with Gasteiger partial charge >= 0.3 is 0 Å². The average molecular weight is 260 g/mol. The van der Waals surface area contributed by atoms with Crippen LogP contribution in [0.25, 0.3) is 0 Å². The smallest absolute Gasteiger partial charge is 0.180 e. The maximum atomic E-state index is 13.2. The molecule has 0 heterocycles. The first-order chi connectivity index (χ1) is 7.96. The molecule has 0 N–H and O–H groups in total. The van der Waals surface area contributed by atoms with Gasteiger partial charge in [-0.05, 0) is 12.1 Å². The number of hydrogen-bond donors (Lipinski definition) is 0. The maximum absolute atomic E-state index is 13.2. The summed E-state index contributed by atoms with van der Waals surface area (Å²) in [6, 6.07) is 5.31. The van der Waals surface area contributed by atoms with E-state index in [0.717, 1.165) is 6.07 Å². The quantitative estimate of drug-likeness (QED) is 0.718. The van der Waals surface area contributed by atoms with Gasteiger partial charge in [0.1, 0.15) is 11.6 Å². The van der Waals surface area contributed by atoms with Gasteiger partial charge in [0.15, 0.2) is 15.6 Å². The molecule has 0 radical (unpaired) electrons. The molecule has 0 atom stereocenters. The fourth-order valence-corrected chi connectivity index (χ4v) is 2.37. The van der Waals surface area contributed by atoms with Crippen molar-refractivity contribution in [2.45, 2.75) is 0 Å². The van der Waals surface area contributed by atoms with E-state index in [1.807, 2.05) is 0 Å². The van der Waals surface area contributed by atoms with Crippen molar-refractivity contribution < 1.29 is 22.3 Å². The third-order valence-corrected chi connectivity index (χ3v) is 3.61. The first-order valence-electron chi connectivity index (χ1n) is 4.93. The minimum Gasteiger partial charge on any atom is -0.384 e. The summed E-state index contributed by atoms with van der Waals surface area (Å²) in [4.78, 5) is 11.6. The molecule has 4 nitrogen and oxygen atoms in total. The number of ketones is 1. The molecule has 0 aliphatic carbocycles. The molecule has 0 amide bonds. The molecule has 0 saturated heterocycles. The van der Waals surface area contributed by atoms with Crippen molar-refractivity contribution in [1.82, 2.24) is 0 Å². The summed E-state index contributed by atoms with van der Waals surface area (Å²) in [5.41, 5.74) is -0.200. The number of carbonyl (C=O) groups excluding carboxylic acids is 1. The summed E-state index contributed by atoms with van der Waals surface area (Å²) in [7, 11) is -2.18. The number of benzene rings is 1. The minimum absolute atomic E-state index is 0.0207. The van der Waals surface area contributed by atoms with Crippen LogP contribution in [0, 0.1) is 5.82 Å². The van der Waals surface area contributed by atoms with Crippen LogP contribution in [0.2, 0.25) is 0 Å². The highest BCUT2D eigenvalue weighted by molar-refractivity contribution is 7.92. The van der Waals surface area contributed by atoms with Crippen LogP contribution in [0.1, 0.15) is 10.4 Å². The van der Waals surface area contributed by atoms with Gasteiger partial charge in [0.2, 0.25) is 0 Å². The molecule has 0 aliphatic rings. The molecule has 1 aromatic carbocycles. The SMILES string of the molecule is COCCS(=O)(=O)CC(=O)c1ccccc1F. The number of hydrogen-bond acceptors (Lipinski definition) is 4. The van der Waals surface area contributed by atoms with Crippen molar-refractivity contribution in [3.63, 3.8) is 0 Å². The molecule has 0 fully saturated rings. The van der Waals surface area contributed by atoms with Crippen LogP contribution in [-0.4, -0.2) is 39.4 Å². The van der Waals surface area contributed by atoms with E-state index < -0.39 is 27.2 Å². The Labute approximate surface area is 99.3 Å². The van der Waals surface area contributed by atoms with E-state index in [0.29, 0.717) is 0 Å². The summed E-state index contributed by atoms with van der Waals surface area (Å²) in [5.74, 6) is -2.39. The number of halogens is 1. The number of sulfone groups is 1. The average Bonchev–Trinajstić information content (AvgIpc) is 2.26. The molecule has 0 saturated carbocycles.